The van der Waals surface area contributed by atoms with E-state index < -0.39 is 0 Å². The van der Waals surface area contributed by atoms with E-state index in [1.165, 1.54) is 0 Å². The first kappa shape index (κ1) is 7.69. The molecule has 5 heteroatoms. The van der Waals surface area contributed by atoms with E-state index in [9.17, 15) is 4.79 Å². The molecule has 0 unspecified atom stereocenters. The molecule has 4 nitrogen and oxygen atoms in total. The van der Waals surface area contributed by atoms with Gasteiger partial charge in [0.25, 0.3) is 5.91 Å². The number of nitrogens with zero attached hydrogens (tertiary/aromatic N) is 2. The molecular weight excluding hydrogens is 162 g/mol. The molecule has 0 aliphatic carbocycles. The van der Waals surface area contributed by atoms with E-state index in [2.05, 4.69) is 20.8 Å². The molecule has 1 aromatic heterocycles. The summed E-state index contributed by atoms with van der Waals surface area (Å²) in [6, 6.07) is 0. The molecule has 1 amide bonds. The fourth-order valence-electron chi connectivity index (χ4n) is 0.485. The van der Waals surface area contributed by atoms with Gasteiger partial charge in [-0.1, -0.05) is 10.4 Å². The van der Waals surface area contributed by atoms with E-state index in [1.807, 2.05) is 0 Å². The third-order valence-corrected chi connectivity index (χ3v) is 1.45. The second-order valence-electron chi connectivity index (χ2n) is 1.68. The number of amides is 1. The van der Waals surface area contributed by atoms with Gasteiger partial charge in [0.2, 0.25) is 0 Å². The standard InChI is InChI=1S/C6H5N3OS/c1-2-3-7-6(10)5-4-11-9-8-5/h1,4H,3H2,(H,7,10). The minimum atomic E-state index is -0.281. The van der Waals surface area contributed by atoms with E-state index in [-0.39, 0.29) is 12.5 Å². The van der Waals surface area contributed by atoms with Gasteiger partial charge in [-0.3, -0.25) is 4.79 Å². The van der Waals surface area contributed by atoms with Crippen LogP contribution in [-0.2, 0) is 0 Å². The smallest absolute Gasteiger partial charge is 0.273 e. The van der Waals surface area contributed by atoms with Gasteiger partial charge in [0.1, 0.15) is 0 Å². The van der Waals surface area contributed by atoms with Gasteiger partial charge in [-0.15, -0.1) is 11.5 Å². The highest BCUT2D eigenvalue weighted by Gasteiger charge is 2.05. The minimum absolute atomic E-state index is 0.219. The van der Waals surface area contributed by atoms with Crippen LogP contribution >= 0.6 is 11.5 Å². The lowest BCUT2D eigenvalue weighted by Gasteiger charge is -1.93. The Balaban J connectivity index is 2.51. The van der Waals surface area contributed by atoms with Gasteiger partial charge in [-0.2, -0.15) is 0 Å². The molecule has 1 N–H and O–H groups in total. The molecule has 0 saturated heterocycles. The van der Waals surface area contributed by atoms with E-state index >= 15 is 0 Å². The first-order valence-corrected chi connectivity index (χ1v) is 3.67. The molecule has 56 valence electrons. The van der Waals surface area contributed by atoms with Crippen LogP contribution in [0.2, 0.25) is 0 Å². The Labute approximate surface area is 67.8 Å². The molecular formula is C6H5N3OS. The summed E-state index contributed by atoms with van der Waals surface area (Å²) in [6.07, 6.45) is 4.93. The van der Waals surface area contributed by atoms with E-state index in [0.29, 0.717) is 5.69 Å². The van der Waals surface area contributed by atoms with Gasteiger partial charge in [-0.25, -0.2) is 0 Å². The molecule has 1 rings (SSSR count). The number of nitrogens with one attached hydrogen (secondary N) is 1. The summed E-state index contributed by atoms with van der Waals surface area (Å²) >= 11 is 1.13. The summed E-state index contributed by atoms with van der Waals surface area (Å²) in [5, 5.41) is 7.58. The SMILES string of the molecule is C#CCNC(=O)c1csnn1. The summed E-state index contributed by atoms with van der Waals surface area (Å²) in [4.78, 5) is 11.0. The van der Waals surface area contributed by atoms with Crippen molar-refractivity contribution in [2.45, 2.75) is 0 Å². The van der Waals surface area contributed by atoms with Crippen molar-refractivity contribution >= 4 is 17.4 Å². The van der Waals surface area contributed by atoms with Crippen LogP contribution in [0.15, 0.2) is 5.38 Å². The van der Waals surface area contributed by atoms with Crippen molar-refractivity contribution in [1.29, 1.82) is 0 Å². The molecule has 0 aliphatic heterocycles. The number of carbonyl (C=O) groups is 1. The van der Waals surface area contributed by atoms with E-state index in [4.69, 9.17) is 6.42 Å². The first-order valence-electron chi connectivity index (χ1n) is 2.83. The van der Waals surface area contributed by atoms with Gasteiger partial charge < -0.3 is 5.32 Å². The summed E-state index contributed by atoms with van der Waals surface area (Å²) in [5.74, 6) is 2.00. The van der Waals surface area contributed by atoms with Crippen molar-refractivity contribution in [3.05, 3.63) is 11.1 Å². The fraction of sp³-hybridized carbons (Fsp3) is 0.167. The number of carbonyl (C=O) groups excluding carboxylic acids is 1. The molecule has 0 aliphatic rings. The zero-order chi connectivity index (χ0) is 8.10. The second kappa shape index (κ2) is 3.68. The highest BCUT2D eigenvalue weighted by molar-refractivity contribution is 7.03. The predicted octanol–water partition coefficient (Wildman–Crippen LogP) is -0.0989. The summed E-state index contributed by atoms with van der Waals surface area (Å²) in [6.45, 7) is 0.219. The van der Waals surface area contributed by atoms with Gasteiger partial charge in [-0.05, 0) is 11.5 Å². The molecule has 0 bridgehead atoms. The van der Waals surface area contributed by atoms with Crippen molar-refractivity contribution in [2.24, 2.45) is 0 Å². The maximum atomic E-state index is 11.0. The number of rotatable bonds is 2. The number of hydrogen-bond acceptors (Lipinski definition) is 4. The van der Waals surface area contributed by atoms with Crippen molar-refractivity contribution in [3.8, 4) is 12.3 Å². The fourth-order valence-corrected chi connectivity index (χ4v) is 0.922. The Bertz CT molecular complexity index is 275. The van der Waals surface area contributed by atoms with Crippen molar-refractivity contribution in [1.82, 2.24) is 14.9 Å². The van der Waals surface area contributed by atoms with E-state index in [0.717, 1.165) is 11.5 Å². The Kier molecular flexibility index (Phi) is 2.58. The van der Waals surface area contributed by atoms with Crippen LogP contribution in [-0.4, -0.2) is 22.0 Å². The third kappa shape index (κ3) is 2.02. The molecule has 0 atom stereocenters. The molecule has 1 heterocycles. The molecule has 11 heavy (non-hydrogen) atoms. The van der Waals surface area contributed by atoms with Crippen LogP contribution in [0.5, 0.6) is 0 Å². The van der Waals surface area contributed by atoms with Crippen LogP contribution in [0.4, 0.5) is 0 Å². The van der Waals surface area contributed by atoms with Crippen molar-refractivity contribution < 1.29 is 4.79 Å². The Hall–Kier alpha value is -1.41. The topological polar surface area (TPSA) is 54.9 Å². The largest absolute Gasteiger partial charge is 0.340 e. The van der Waals surface area contributed by atoms with E-state index in [1.54, 1.807) is 5.38 Å². The van der Waals surface area contributed by atoms with Gasteiger partial charge >= 0.3 is 0 Å². The maximum absolute atomic E-state index is 11.0. The highest BCUT2D eigenvalue weighted by atomic mass is 32.1. The summed E-state index contributed by atoms with van der Waals surface area (Å²) in [5.41, 5.74) is 0.310. The van der Waals surface area contributed by atoms with Crippen molar-refractivity contribution in [3.63, 3.8) is 0 Å². The van der Waals surface area contributed by atoms with Crippen LogP contribution < -0.4 is 5.32 Å². The maximum Gasteiger partial charge on any atom is 0.273 e. The zero-order valence-electron chi connectivity index (χ0n) is 5.57. The predicted molar refractivity (Wildman–Crippen MR) is 41.1 cm³/mol. The lowest BCUT2D eigenvalue weighted by Crippen LogP contribution is -2.23. The lowest BCUT2D eigenvalue weighted by molar-refractivity contribution is 0.0954. The zero-order valence-corrected chi connectivity index (χ0v) is 6.39. The summed E-state index contributed by atoms with van der Waals surface area (Å²) in [7, 11) is 0. The quantitative estimate of drug-likeness (QED) is 0.626. The lowest BCUT2D eigenvalue weighted by atomic mass is 10.4. The first-order chi connectivity index (χ1) is 5.34. The van der Waals surface area contributed by atoms with Crippen LogP contribution in [0.3, 0.4) is 0 Å². The van der Waals surface area contributed by atoms with Gasteiger partial charge in [0.05, 0.1) is 6.54 Å². The molecule has 0 aromatic carbocycles. The highest BCUT2D eigenvalue weighted by Crippen LogP contribution is 1.95. The monoisotopic (exact) mass is 167 g/mol. The average Bonchev–Trinajstić information content (AvgIpc) is 2.52. The Morgan fingerprint density at radius 2 is 2.73 bits per heavy atom. The Morgan fingerprint density at radius 3 is 3.27 bits per heavy atom. The Morgan fingerprint density at radius 1 is 1.91 bits per heavy atom. The normalized spacial score (nSPS) is 8.64. The second-order valence-corrected chi connectivity index (χ2v) is 2.29. The summed E-state index contributed by atoms with van der Waals surface area (Å²) < 4.78 is 3.53. The molecule has 0 fully saturated rings. The van der Waals surface area contributed by atoms with Gasteiger partial charge in [0, 0.05) is 5.38 Å². The minimum Gasteiger partial charge on any atom is -0.340 e. The molecule has 0 saturated carbocycles. The number of hydrogen-bond donors (Lipinski definition) is 1. The van der Waals surface area contributed by atoms with Crippen LogP contribution in [0, 0.1) is 12.3 Å². The number of terminal acetylenes is 1. The van der Waals surface area contributed by atoms with Gasteiger partial charge in [0.15, 0.2) is 5.69 Å². The average molecular weight is 167 g/mol. The van der Waals surface area contributed by atoms with Crippen molar-refractivity contribution in [2.75, 3.05) is 6.54 Å². The third-order valence-electron chi connectivity index (χ3n) is 0.944. The van der Waals surface area contributed by atoms with Crippen LogP contribution in [0.1, 0.15) is 10.5 Å². The molecule has 1 aromatic rings. The van der Waals surface area contributed by atoms with Crippen LogP contribution in [0.25, 0.3) is 0 Å². The molecule has 0 radical (unpaired) electrons. The molecule has 0 spiro atoms. The number of aromatic nitrogens is 2.